The van der Waals surface area contributed by atoms with Crippen LogP contribution in [0.2, 0.25) is 0 Å². The maximum absolute atomic E-state index is 10.4. The maximum atomic E-state index is 10.4. The van der Waals surface area contributed by atoms with Crippen molar-refractivity contribution in [2.75, 3.05) is 6.54 Å². The SMILES string of the molecule is C[C@@H](NCC(N)=O)c1ccco1. The minimum absolute atomic E-state index is 0.0208. The number of hydrogen-bond donors (Lipinski definition) is 2. The van der Waals surface area contributed by atoms with Gasteiger partial charge in [0.05, 0.1) is 18.8 Å². The summed E-state index contributed by atoms with van der Waals surface area (Å²) in [7, 11) is 0. The quantitative estimate of drug-likeness (QED) is 0.684. The molecule has 3 N–H and O–H groups in total. The molecular formula is C8H12N2O2. The molecule has 0 aliphatic rings. The molecule has 1 aromatic heterocycles. The van der Waals surface area contributed by atoms with Crippen molar-refractivity contribution in [3.63, 3.8) is 0 Å². The van der Waals surface area contributed by atoms with E-state index in [2.05, 4.69) is 5.32 Å². The maximum Gasteiger partial charge on any atom is 0.231 e. The first kappa shape index (κ1) is 8.80. The largest absolute Gasteiger partial charge is 0.468 e. The van der Waals surface area contributed by atoms with Crippen LogP contribution in [-0.2, 0) is 4.79 Å². The first-order chi connectivity index (χ1) is 5.70. The van der Waals surface area contributed by atoms with Crippen LogP contribution in [0.3, 0.4) is 0 Å². The normalized spacial score (nSPS) is 12.8. The molecule has 0 saturated carbocycles. The van der Waals surface area contributed by atoms with Crippen LogP contribution in [0, 0.1) is 0 Å². The van der Waals surface area contributed by atoms with Gasteiger partial charge in [-0.25, -0.2) is 0 Å². The highest BCUT2D eigenvalue weighted by Gasteiger charge is 2.07. The molecule has 0 bridgehead atoms. The number of hydrogen-bond acceptors (Lipinski definition) is 3. The van der Waals surface area contributed by atoms with E-state index in [1.807, 2.05) is 13.0 Å². The Balaban J connectivity index is 2.39. The average molecular weight is 168 g/mol. The minimum atomic E-state index is -0.367. The molecule has 0 aliphatic carbocycles. The highest BCUT2D eigenvalue weighted by Crippen LogP contribution is 2.11. The average Bonchev–Trinajstić information content (AvgIpc) is 2.51. The number of carbonyl (C=O) groups excluding carboxylic acids is 1. The molecule has 1 aromatic rings. The Bertz CT molecular complexity index is 244. The monoisotopic (exact) mass is 168 g/mol. The van der Waals surface area contributed by atoms with Gasteiger partial charge in [0.15, 0.2) is 0 Å². The van der Waals surface area contributed by atoms with Crippen LogP contribution in [0.1, 0.15) is 18.7 Å². The van der Waals surface area contributed by atoms with E-state index in [0.29, 0.717) is 0 Å². The van der Waals surface area contributed by atoms with Crippen molar-refractivity contribution in [3.05, 3.63) is 24.2 Å². The van der Waals surface area contributed by atoms with E-state index in [1.54, 1.807) is 12.3 Å². The molecule has 0 spiro atoms. The van der Waals surface area contributed by atoms with Gasteiger partial charge in [-0.3, -0.25) is 10.1 Å². The van der Waals surface area contributed by atoms with Crippen LogP contribution in [0.15, 0.2) is 22.8 Å². The van der Waals surface area contributed by atoms with Crippen molar-refractivity contribution in [1.82, 2.24) is 5.32 Å². The Morgan fingerprint density at radius 3 is 3.08 bits per heavy atom. The fraction of sp³-hybridized carbons (Fsp3) is 0.375. The summed E-state index contributed by atoms with van der Waals surface area (Å²) >= 11 is 0. The van der Waals surface area contributed by atoms with E-state index < -0.39 is 0 Å². The first-order valence-corrected chi connectivity index (χ1v) is 3.75. The van der Waals surface area contributed by atoms with Gasteiger partial charge in [-0.15, -0.1) is 0 Å². The van der Waals surface area contributed by atoms with E-state index in [1.165, 1.54) is 0 Å². The third-order valence-electron chi connectivity index (χ3n) is 1.55. The molecule has 66 valence electrons. The van der Waals surface area contributed by atoms with Crippen LogP contribution in [0.5, 0.6) is 0 Å². The predicted octanol–water partition coefficient (Wildman–Crippen LogP) is 0.416. The molecule has 0 aliphatic heterocycles. The Morgan fingerprint density at radius 2 is 2.58 bits per heavy atom. The fourth-order valence-corrected chi connectivity index (χ4v) is 0.892. The minimum Gasteiger partial charge on any atom is -0.468 e. The lowest BCUT2D eigenvalue weighted by Gasteiger charge is -2.08. The van der Waals surface area contributed by atoms with Gasteiger partial charge in [0.2, 0.25) is 5.91 Å². The standard InChI is InChI=1S/C8H12N2O2/c1-6(10-5-8(9)11)7-3-2-4-12-7/h2-4,6,10H,5H2,1H3,(H2,9,11)/t6-/m1/s1. The van der Waals surface area contributed by atoms with Gasteiger partial charge >= 0.3 is 0 Å². The van der Waals surface area contributed by atoms with Crippen molar-refractivity contribution in [2.45, 2.75) is 13.0 Å². The lowest BCUT2D eigenvalue weighted by Crippen LogP contribution is -2.30. The fourth-order valence-electron chi connectivity index (χ4n) is 0.892. The molecule has 1 amide bonds. The van der Waals surface area contributed by atoms with Crippen molar-refractivity contribution in [2.24, 2.45) is 5.73 Å². The van der Waals surface area contributed by atoms with Gasteiger partial charge < -0.3 is 10.2 Å². The van der Waals surface area contributed by atoms with Crippen LogP contribution in [0.4, 0.5) is 0 Å². The second kappa shape index (κ2) is 3.92. The first-order valence-electron chi connectivity index (χ1n) is 3.75. The molecule has 0 saturated heterocycles. The summed E-state index contributed by atoms with van der Waals surface area (Å²) in [5, 5.41) is 2.92. The molecule has 4 heteroatoms. The highest BCUT2D eigenvalue weighted by molar-refractivity contribution is 5.75. The number of primary amides is 1. The smallest absolute Gasteiger partial charge is 0.231 e. The number of amides is 1. The molecule has 0 aromatic carbocycles. The summed E-state index contributed by atoms with van der Waals surface area (Å²) in [6, 6.07) is 3.67. The van der Waals surface area contributed by atoms with Crippen LogP contribution >= 0.6 is 0 Å². The van der Waals surface area contributed by atoms with Crippen molar-refractivity contribution >= 4 is 5.91 Å². The van der Waals surface area contributed by atoms with E-state index in [-0.39, 0.29) is 18.5 Å². The molecular weight excluding hydrogens is 156 g/mol. The van der Waals surface area contributed by atoms with Gasteiger partial charge in [-0.2, -0.15) is 0 Å². The third kappa shape index (κ3) is 2.39. The summed E-state index contributed by atoms with van der Waals surface area (Å²) in [6.07, 6.45) is 1.60. The van der Waals surface area contributed by atoms with E-state index >= 15 is 0 Å². The van der Waals surface area contributed by atoms with Gasteiger partial charge in [0.1, 0.15) is 5.76 Å². The van der Waals surface area contributed by atoms with Crippen molar-refractivity contribution in [3.8, 4) is 0 Å². The molecule has 1 rings (SSSR count). The molecule has 0 unspecified atom stereocenters. The van der Waals surface area contributed by atoms with E-state index in [0.717, 1.165) is 5.76 Å². The van der Waals surface area contributed by atoms with Gasteiger partial charge in [0.25, 0.3) is 0 Å². The van der Waals surface area contributed by atoms with Gasteiger partial charge in [-0.05, 0) is 19.1 Å². The lowest BCUT2D eigenvalue weighted by molar-refractivity contribution is -0.117. The zero-order valence-electron chi connectivity index (χ0n) is 6.91. The van der Waals surface area contributed by atoms with Crippen molar-refractivity contribution in [1.29, 1.82) is 0 Å². The Kier molecular flexibility index (Phi) is 2.88. The number of nitrogens with two attached hydrogens (primary N) is 1. The summed E-state index contributed by atoms with van der Waals surface area (Å²) in [4.78, 5) is 10.4. The van der Waals surface area contributed by atoms with Crippen LogP contribution < -0.4 is 11.1 Å². The van der Waals surface area contributed by atoms with E-state index in [4.69, 9.17) is 10.2 Å². The Morgan fingerprint density at radius 1 is 1.83 bits per heavy atom. The second-order valence-corrected chi connectivity index (χ2v) is 2.58. The highest BCUT2D eigenvalue weighted by atomic mass is 16.3. The van der Waals surface area contributed by atoms with Gasteiger partial charge in [0, 0.05) is 0 Å². The molecule has 1 atom stereocenters. The van der Waals surface area contributed by atoms with E-state index in [9.17, 15) is 4.79 Å². The Hall–Kier alpha value is -1.29. The lowest BCUT2D eigenvalue weighted by atomic mass is 10.2. The Labute approximate surface area is 70.7 Å². The summed E-state index contributed by atoms with van der Waals surface area (Å²) < 4.78 is 5.11. The number of furan rings is 1. The van der Waals surface area contributed by atoms with Gasteiger partial charge in [-0.1, -0.05) is 0 Å². The number of nitrogens with one attached hydrogen (secondary N) is 1. The number of carbonyl (C=O) groups is 1. The number of rotatable bonds is 4. The third-order valence-corrected chi connectivity index (χ3v) is 1.55. The summed E-state index contributed by atoms with van der Waals surface area (Å²) in [5.41, 5.74) is 4.96. The molecule has 1 heterocycles. The summed E-state index contributed by atoms with van der Waals surface area (Å²) in [5.74, 6) is 0.435. The molecule has 0 fully saturated rings. The van der Waals surface area contributed by atoms with Crippen molar-refractivity contribution < 1.29 is 9.21 Å². The molecule has 4 nitrogen and oxygen atoms in total. The second-order valence-electron chi connectivity index (χ2n) is 2.58. The zero-order valence-corrected chi connectivity index (χ0v) is 6.91. The predicted molar refractivity (Wildman–Crippen MR) is 44.3 cm³/mol. The topological polar surface area (TPSA) is 68.3 Å². The van der Waals surface area contributed by atoms with Crippen LogP contribution in [-0.4, -0.2) is 12.5 Å². The molecule has 0 radical (unpaired) electrons. The molecule has 12 heavy (non-hydrogen) atoms. The zero-order chi connectivity index (χ0) is 8.97. The van der Waals surface area contributed by atoms with Crippen LogP contribution in [0.25, 0.3) is 0 Å². The summed E-state index contributed by atoms with van der Waals surface area (Å²) in [6.45, 7) is 2.07.